The van der Waals surface area contributed by atoms with Crippen molar-refractivity contribution in [3.63, 3.8) is 0 Å². The van der Waals surface area contributed by atoms with E-state index in [1.807, 2.05) is 30.3 Å². The van der Waals surface area contributed by atoms with E-state index in [1.54, 1.807) is 0 Å². The Morgan fingerprint density at radius 2 is 1.59 bits per heavy atom. The molecule has 0 radical (unpaired) electrons. The van der Waals surface area contributed by atoms with Crippen molar-refractivity contribution in [2.75, 3.05) is 0 Å². The third-order valence-electron chi connectivity index (χ3n) is 2.07. The average molecular weight is 348 g/mol. The fourth-order valence-electron chi connectivity index (χ4n) is 1.27. The molecule has 0 spiro atoms. The third-order valence-corrected chi connectivity index (χ3v) is 2.07. The van der Waals surface area contributed by atoms with E-state index in [-0.39, 0.29) is 0 Å². The third kappa shape index (κ3) is 10.9. The van der Waals surface area contributed by atoms with Gasteiger partial charge in [-0.3, -0.25) is 0 Å². The summed E-state index contributed by atoms with van der Waals surface area (Å²) in [6.45, 7) is 6.41. The monoisotopic (exact) mass is 346 g/mol. The first-order valence-electron chi connectivity index (χ1n) is 5.30. The maximum absolute atomic E-state index is 5.13. The zero-order valence-corrected chi connectivity index (χ0v) is 14.5. The first-order valence-corrected chi connectivity index (χ1v) is 13.4. The van der Waals surface area contributed by atoms with Crippen LogP contribution in [0.15, 0.2) is 42.5 Å². The van der Waals surface area contributed by atoms with Crippen molar-refractivity contribution >= 4 is 21.2 Å². The van der Waals surface area contributed by atoms with Crippen LogP contribution in [0.2, 0.25) is 0 Å². The maximum Gasteiger partial charge on any atom is -0.172 e. The molecule has 0 aliphatic heterocycles. The Bertz CT molecular complexity index is 373. The molecule has 2 aromatic carbocycles. The number of aryl methyl sites for hydroxylation is 3. The van der Waals surface area contributed by atoms with Crippen LogP contribution in [0.3, 0.4) is 0 Å². The smallest absolute Gasteiger partial charge is 0.172 e. The fourth-order valence-corrected chi connectivity index (χ4v) is 1.27. The molecule has 0 bridgehead atoms. The van der Waals surface area contributed by atoms with Crippen molar-refractivity contribution in [2.24, 2.45) is 0 Å². The number of hydrogen-bond donors (Lipinski definition) is 0. The molecule has 0 saturated carbocycles. The molecular formula is C14H18Cl2Zr-2. The zero-order valence-electron chi connectivity index (χ0n) is 10.5. The Kier molecular flexibility index (Phi) is 10.0. The predicted molar refractivity (Wildman–Crippen MR) is 77.1 cm³/mol. The Balaban J connectivity index is 0.000000246. The van der Waals surface area contributed by atoms with Gasteiger partial charge in [0.05, 0.1) is 0 Å². The second kappa shape index (κ2) is 10.0. The van der Waals surface area contributed by atoms with Crippen molar-refractivity contribution in [2.45, 2.75) is 20.8 Å². The summed E-state index contributed by atoms with van der Waals surface area (Å²) in [5.74, 6) is 0. The van der Waals surface area contributed by atoms with Crippen LogP contribution < -0.4 is 0 Å². The second-order valence-corrected chi connectivity index (χ2v) is 11.9. The van der Waals surface area contributed by atoms with Crippen LogP contribution in [0.5, 0.6) is 0 Å². The van der Waals surface area contributed by atoms with Gasteiger partial charge in [0.25, 0.3) is 0 Å². The van der Waals surface area contributed by atoms with Crippen molar-refractivity contribution in [1.82, 2.24) is 0 Å². The molecule has 3 heteroatoms. The minimum Gasteiger partial charge on any atom is -0.214 e. The summed E-state index contributed by atoms with van der Waals surface area (Å²) in [5, 5.41) is 0. The van der Waals surface area contributed by atoms with Crippen molar-refractivity contribution < 1.29 is 18.9 Å². The van der Waals surface area contributed by atoms with Gasteiger partial charge in [0.2, 0.25) is 0 Å². The molecule has 94 valence electrons. The number of halogens is 2. The van der Waals surface area contributed by atoms with E-state index in [0.29, 0.717) is 0 Å². The molecule has 0 fully saturated rings. The topological polar surface area (TPSA) is 0 Å². The molecule has 0 saturated heterocycles. The summed E-state index contributed by atoms with van der Waals surface area (Å²) in [5.41, 5.74) is 4.19. The molecule has 0 atom stereocenters. The first kappa shape index (κ1) is 17.0. The summed E-state index contributed by atoms with van der Waals surface area (Å²) in [7, 11) is 10.3. The second-order valence-electron chi connectivity index (χ2n) is 3.70. The fraction of sp³-hybridized carbons (Fsp3) is 0.214. The molecule has 17 heavy (non-hydrogen) atoms. The molecule has 0 aliphatic carbocycles. The average Bonchev–Trinajstić information content (AvgIpc) is 2.80. The Hall–Kier alpha value is 0.0331. The molecule has 0 N–H and O–H groups in total. The Morgan fingerprint density at radius 3 is 1.71 bits per heavy atom. The van der Waals surface area contributed by atoms with Crippen LogP contribution in [0.25, 0.3) is 0 Å². The summed E-state index contributed by atoms with van der Waals surface area (Å²) in [6.07, 6.45) is 0. The van der Waals surface area contributed by atoms with Crippen LogP contribution in [0, 0.1) is 20.8 Å². The van der Waals surface area contributed by atoms with E-state index in [9.17, 15) is 0 Å². The molecule has 0 unspecified atom stereocenters. The maximum atomic E-state index is 5.13. The Morgan fingerprint density at radius 1 is 1.12 bits per heavy atom. The molecule has 0 heterocycles. The van der Waals surface area contributed by atoms with Crippen LogP contribution in [0.1, 0.15) is 16.7 Å². The van der Waals surface area contributed by atoms with Gasteiger partial charge < -0.3 is 0 Å². The van der Waals surface area contributed by atoms with Gasteiger partial charge >= 0.3 is 40.1 Å². The summed E-state index contributed by atoms with van der Waals surface area (Å²) >= 11 is -1.85. The number of hydrogen-bond acceptors (Lipinski definition) is 0. The van der Waals surface area contributed by atoms with Crippen molar-refractivity contribution in [1.29, 1.82) is 0 Å². The van der Waals surface area contributed by atoms with Crippen LogP contribution in [0.4, 0.5) is 0 Å². The first-order chi connectivity index (χ1) is 7.93. The van der Waals surface area contributed by atoms with E-state index in [0.717, 1.165) is 0 Å². The predicted octanol–water partition coefficient (Wildman–Crippen LogP) is 5.08. The van der Waals surface area contributed by atoms with Gasteiger partial charge in [-0.25, -0.2) is 18.2 Å². The van der Waals surface area contributed by atoms with Gasteiger partial charge in [0.1, 0.15) is 0 Å². The standard InChI is InChI=1S/C8H11.C5H5.CH2.2ClH.Zr/c1-6-4-7(2)8(3)5-6;1-2-4-5-3-1;;;;/h4-5H,1-3H3;1-5H;1H2;2*1H;/q2*-1;;;;+2/p-2. The van der Waals surface area contributed by atoms with Crippen LogP contribution in [-0.4, -0.2) is 4.21 Å². The molecule has 2 rings (SSSR count). The minimum atomic E-state index is -1.85. The molecule has 0 aliphatic rings. The largest absolute Gasteiger partial charge is 0.214 e. The molecule has 0 amide bonds. The van der Waals surface area contributed by atoms with Crippen molar-refractivity contribution in [3.8, 4) is 0 Å². The molecule has 0 nitrogen and oxygen atoms in total. The number of rotatable bonds is 0. The SMILES string of the molecule is Cc1cc(C)c(C)[cH-]1.[CH2]=[Zr]([Cl])[Cl].c1cc[cH-]c1. The van der Waals surface area contributed by atoms with E-state index in [1.165, 1.54) is 16.7 Å². The summed E-state index contributed by atoms with van der Waals surface area (Å²) in [4.78, 5) is 0. The van der Waals surface area contributed by atoms with E-state index in [2.05, 4.69) is 37.1 Å². The van der Waals surface area contributed by atoms with E-state index >= 15 is 0 Å². The van der Waals surface area contributed by atoms with Gasteiger partial charge in [0, 0.05) is 0 Å². The van der Waals surface area contributed by atoms with Crippen molar-refractivity contribution in [3.05, 3.63) is 59.2 Å². The summed E-state index contributed by atoms with van der Waals surface area (Å²) < 4.78 is 3.37. The van der Waals surface area contributed by atoms with Gasteiger partial charge in [-0.1, -0.05) is 20.8 Å². The quantitative estimate of drug-likeness (QED) is 0.583. The zero-order chi connectivity index (χ0) is 13.3. The summed E-state index contributed by atoms with van der Waals surface area (Å²) in [6, 6.07) is 14.4. The van der Waals surface area contributed by atoms with Gasteiger partial charge in [-0.05, 0) is 0 Å². The molecule has 0 aromatic heterocycles. The van der Waals surface area contributed by atoms with Gasteiger partial charge in [-0.2, -0.15) is 41.0 Å². The van der Waals surface area contributed by atoms with E-state index < -0.39 is 18.9 Å². The van der Waals surface area contributed by atoms with Gasteiger partial charge in [-0.15, -0.1) is 0 Å². The molecule has 2 aromatic rings. The van der Waals surface area contributed by atoms with Crippen LogP contribution in [-0.2, 0) is 18.9 Å². The normalized spacial score (nSPS) is 8.53. The van der Waals surface area contributed by atoms with E-state index in [4.69, 9.17) is 17.0 Å². The van der Waals surface area contributed by atoms with Crippen LogP contribution >= 0.6 is 17.0 Å². The Labute approximate surface area is 119 Å². The van der Waals surface area contributed by atoms with Gasteiger partial charge in [0.15, 0.2) is 0 Å². The minimum absolute atomic E-state index is 1.38. The molecular weight excluding hydrogens is 330 g/mol.